The van der Waals surface area contributed by atoms with Crippen LogP contribution in [0.2, 0.25) is 5.02 Å². The molecule has 9 nitrogen and oxygen atoms in total. The monoisotopic (exact) mass is 491 g/mol. The minimum atomic E-state index is -0.613. The summed E-state index contributed by atoms with van der Waals surface area (Å²) in [7, 11) is 0. The number of nitrogens with zero attached hydrogens (tertiary/aromatic N) is 3. The van der Waals surface area contributed by atoms with Crippen LogP contribution < -0.4 is 20.1 Å². The van der Waals surface area contributed by atoms with Crippen molar-refractivity contribution in [3.05, 3.63) is 58.6 Å². The Kier molecular flexibility index (Phi) is 6.99. The van der Waals surface area contributed by atoms with Gasteiger partial charge in [0.1, 0.15) is 5.82 Å². The van der Waals surface area contributed by atoms with Gasteiger partial charge in [0.25, 0.3) is 5.91 Å². The van der Waals surface area contributed by atoms with Crippen molar-refractivity contribution in [2.24, 2.45) is 0 Å². The van der Waals surface area contributed by atoms with Crippen molar-refractivity contribution in [2.75, 3.05) is 17.9 Å². The molecular weight excluding hydrogens is 473 g/mol. The largest absolute Gasteiger partial charge is 0.454 e. The molecule has 4 rings (SSSR count). The molecule has 0 unspecified atom stereocenters. The second kappa shape index (κ2) is 10.1. The summed E-state index contributed by atoms with van der Waals surface area (Å²) >= 11 is 6.88. The van der Waals surface area contributed by atoms with E-state index in [2.05, 4.69) is 20.8 Å². The van der Waals surface area contributed by atoms with Crippen LogP contribution in [0.3, 0.4) is 0 Å². The molecule has 2 aromatic carbocycles. The molecule has 1 aromatic heterocycles. The molecule has 12 heteroatoms. The maximum absolute atomic E-state index is 13.9. The van der Waals surface area contributed by atoms with E-state index in [0.29, 0.717) is 34.6 Å². The maximum Gasteiger partial charge on any atom is 0.251 e. The summed E-state index contributed by atoms with van der Waals surface area (Å²) in [6.45, 7) is 2.72. The smallest absolute Gasteiger partial charge is 0.251 e. The number of aromatic nitrogens is 3. The highest BCUT2D eigenvalue weighted by atomic mass is 35.5. The fraction of sp³-hybridized carbons (Fsp3) is 0.238. The Morgan fingerprint density at radius 2 is 2.00 bits per heavy atom. The number of thioether (sulfide) groups is 1. The fourth-order valence-electron chi connectivity index (χ4n) is 3.08. The van der Waals surface area contributed by atoms with Gasteiger partial charge in [-0.2, -0.15) is 0 Å². The number of carbonyl (C=O) groups excluding carboxylic acids is 2. The number of anilines is 1. The summed E-state index contributed by atoms with van der Waals surface area (Å²) < 4.78 is 26.2. The van der Waals surface area contributed by atoms with Gasteiger partial charge in [-0.15, -0.1) is 10.2 Å². The number of hydrogen-bond donors (Lipinski definition) is 2. The maximum atomic E-state index is 13.9. The van der Waals surface area contributed by atoms with E-state index in [9.17, 15) is 14.0 Å². The molecule has 1 aliphatic rings. The van der Waals surface area contributed by atoms with Crippen molar-refractivity contribution in [3.8, 4) is 11.5 Å². The average Bonchev–Trinajstić information content (AvgIpc) is 3.43. The van der Waals surface area contributed by atoms with Gasteiger partial charge >= 0.3 is 0 Å². The first-order chi connectivity index (χ1) is 15.9. The Hall–Kier alpha value is -3.31. The van der Waals surface area contributed by atoms with Gasteiger partial charge in [-0.05, 0) is 43.3 Å². The van der Waals surface area contributed by atoms with E-state index in [0.717, 1.165) is 17.8 Å². The Morgan fingerprint density at radius 1 is 1.18 bits per heavy atom. The van der Waals surface area contributed by atoms with Crippen LogP contribution in [0.25, 0.3) is 0 Å². The molecule has 3 aromatic rings. The van der Waals surface area contributed by atoms with Gasteiger partial charge < -0.3 is 24.7 Å². The number of carbonyl (C=O) groups is 2. The van der Waals surface area contributed by atoms with E-state index in [1.54, 1.807) is 22.8 Å². The summed E-state index contributed by atoms with van der Waals surface area (Å²) in [6.07, 6.45) is 0. The van der Waals surface area contributed by atoms with Crippen LogP contribution in [0.15, 0.2) is 41.6 Å². The van der Waals surface area contributed by atoms with Crippen LogP contribution in [0, 0.1) is 5.82 Å². The molecule has 0 bridgehead atoms. The Balaban J connectivity index is 1.33. The quantitative estimate of drug-likeness (QED) is 0.464. The van der Waals surface area contributed by atoms with Crippen LogP contribution in [0.4, 0.5) is 10.1 Å². The van der Waals surface area contributed by atoms with Gasteiger partial charge in [-0.1, -0.05) is 23.4 Å². The van der Waals surface area contributed by atoms with E-state index in [-0.39, 0.29) is 35.7 Å². The van der Waals surface area contributed by atoms with Crippen LogP contribution in [0.1, 0.15) is 23.1 Å². The third kappa shape index (κ3) is 5.37. The second-order valence-electron chi connectivity index (χ2n) is 6.85. The molecular formula is C21H19ClFN5O4S. The Morgan fingerprint density at radius 3 is 2.79 bits per heavy atom. The topological polar surface area (TPSA) is 107 Å². The molecule has 2 amide bonds. The van der Waals surface area contributed by atoms with E-state index in [1.165, 1.54) is 12.1 Å². The highest BCUT2D eigenvalue weighted by Gasteiger charge is 2.18. The van der Waals surface area contributed by atoms with Gasteiger partial charge in [0.2, 0.25) is 12.7 Å². The van der Waals surface area contributed by atoms with Crippen molar-refractivity contribution < 1.29 is 23.5 Å². The molecule has 0 aliphatic carbocycles. The molecule has 0 radical (unpaired) electrons. The first-order valence-electron chi connectivity index (χ1n) is 9.92. The van der Waals surface area contributed by atoms with E-state index in [1.807, 2.05) is 6.92 Å². The first kappa shape index (κ1) is 22.9. The molecule has 0 fully saturated rings. The summed E-state index contributed by atoms with van der Waals surface area (Å²) in [5.74, 6) is 0.360. The number of rotatable bonds is 8. The molecule has 0 spiro atoms. The molecule has 2 N–H and O–H groups in total. The summed E-state index contributed by atoms with van der Waals surface area (Å²) in [6, 6.07) is 8.97. The number of hydrogen-bond acceptors (Lipinski definition) is 7. The van der Waals surface area contributed by atoms with Gasteiger partial charge in [0.05, 0.1) is 18.0 Å². The lowest BCUT2D eigenvalue weighted by Gasteiger charge is -2.09. The lowest BCUT2D eigenvalue weighted by Crippen LogP contribution is -2.24. The lowest BCUT2D eigenvalue weighted by molar-refractivity contribution is -0.113. The highest BCUT2D eigenvalue weighted by molar-refractivity contribution is 7.99. The predicted molar refractivity (Wildman–Crippen MR) is 120 cm³/mol. The lowest BCUT2D eigenvalue weighted by atomic mass is 10.2. The highest BCUT2D eigenvalue weighted by Crippen LogP contribution is 2.32. The predicted octanol–water partition coefficient (Wildman–Crippen LogP) is 3.48. The van der Waals surface area contributed by atoms with Crippen molar-refractivity contribution in [1.29, 1.82) is 0 Å². The molecule has 33 heavy (non-hydrogen) atoms. The SMILES string of the molecule is CCn1c(CNC(=O)c2ccc3c(c2)OCO3)nnc1SCC(=O)Nc1ccc(Cl)cc1F. The van der Waals surface area contributed by atoms with Crippen LogP contribution in [-0.4, -0.2) is 39.1 Å². The minimum absolute atomic E-state index is 0.00373. The number of fused-ring (bicyclic) bond motifs is 1. The third-order valence-corrected chi connectivity index (χ3v) is 5.89. The van der Waals surface area contributed by atoms with Crippen molar-refractivity contribution in [1.82, 2.24) is 20.1 Å². The standard InChI is InChI=1S/C21H19ClFN5O4S/c1-2-28-18(9-24-20(30)12-3-6-16-17(7-12)32-11-31-16)26-27-21(28)33-10-19(29)25-15-5-4-13(22)8-14(15)23/h3-8H,2,9-11H2,1H3,(H,24,30)(H,25,29). The molecule has 0 saturated heterocycles. The van der Waals surface area contributed by atoms with Crippen molar-refractivity contribution in [3.63, 3.8) is 0 Å². The Bertz CT molecular complexity index is 1210. The van der Waals surface area contributed by atoms with Gasteiger partial charge in [0.15, 0.2) is 22.5 Å². The molecule has 172 valence electrons. The molecule has 2 heterocycles. The van der Waals surface area contributed by atoms with Gasteiger partial charge in [-0.25, -0.2) is 4.39 Å². The fourth-order valence-corrected chi connectivity index (χ4v) is 4.06. The van der Waals surface area contributed by atoms with E-state index in [4.69, 9.17) is 21.1 Å². The van der Waals surface area contributed by atoms with Crippen LogP contribution >= 0.6 is 23.4 Å². The molecule has 1 aliphatic heterocycles. The van der Waals surface area contributed by atoms with Gasteiger partial charge in [-0.3, -0.25) is 9.59 Å². The zero-order valence-corrected chi connectivity index (χ0v) is 19.0. The first-order valence-corrected chi connectivity index (χ1v) is 11.3. The van der Waals surface area contributed by atoms with Crippen LogP contribution in [-0.2, 0) is 17.9 Å². The number of amides is 2. The van der Waals surface area contributed by atoms with Crippen molar-refractivity contribution >= 4 is 40.9 Å². The number of halogens is 2. The van der Waals surface area contributed by atoms with Gasteiger partial charge in [0, 0.05) is 17.1 Å². The summed E-state index contributed by atoms with van der Waals surface area (Å²) in [5, 5.41) is 14.3. The minimum Gasteiger partial charge on any atom is -0.454 e. The van der Waals surface area contributed by atoms with E-state index >= 15 is 0 Å². The summed E-state index contributed by atoms with van der Waals surface area (Å²) in [4.78, 5) is 24.7. The normalized spacial score (nSPS) is 12.0. The Labute approximate surface area is 197 Å². The zero-order chi connectivity index (χ0) is 23.4. The number of benzene rings is 2. The van der Waals surface area contributed by atoms with Crippen LogP contribution in [0.5, 0.6) is 11.5 Å². The number of nitrogens with one attached hydrogen (secondary N) is 2. The summed E-state index contributed by atoms with van der Waals surface area (Å²) in [5.41, 5.74) is 0.483. The van der Waals surface area contributed by atoms with Crippen molar-refractivity contribution in [2.45, 2.75) is 25.2 Å². The zero-order valence-electron chi connectivity index (χ0n) is 17.4. The second-order valence-corrected chi connectivity index (χ2v) is 8.23. The number of ether oxygens (including phenoxy) is 2. The molecule has 0 saturated carbocycles. The average molecular weight is 492 g/mol. The third-order valence-electron chi connectivity index (χ3n) is 4.69. The molecule has 0 atom stereocenters. The van der Waals surface area contributed by atoms with E-state index < -0.39 is 11.7 Å².